The fourth-order valence-electron chi connectivity index (χ4n) is 2.18. The molecule has 0 aliphatic carbocycles. The second-order valence-electron chi connectivity index (χ2n) is 6.53. The van der Waals surface area contributed by atoms with Crippen molar-refractivity contribution in [2.24, 2.45) is 5.92 Å². The Hall–Kier alpha value is -2.46. The number of carbonyl (C=O) groups is 3. The van der Waals surface area contributed by atoms with E-state index in [2.05, 4.69) is 16.2 Å². The van der Waals surface area contributed by atoms with E-state index in [-0.39, 0.29) is 16.7 Å². The lowest BCUT2D eigenvalue weighted by atomic mass is 10.0. The second-order valence-corrected chi connectivity index (χ2v) is 8.58. The predicted octanol–water partition coefficient (Wildman–Crippen LogP) is -0.0764. The molecule has 0 saturated heterocycles. The van der Waals surface area contributed by atoms with Crippen LogP contribution in [0.25, 0.3) is 0 Å². The van der Waals surface area contributed by atoms with Crippen molar-refractivity contribution in [2.75, 3.05) is 13.6 Å². The van der Waals surface area contributed by atoms with Crippen molar-refractivity contribution in [3.63, 3.8) is 0 Å². The third-order valence-corrected chi connectivity index (χ3v) is 5.55. The standard InChI is InChI=1S/C17H26N4O5S/c1-11(2)16(18-13(4)22)17(24)20-19-15(23)10-21(5)27(25,26)14-8-6-12(3)7-9-14/h6-9,11,16H,10H2,1-5H3,(H,18,22)(H,19,23)(H,20,24)/t16-/m1/s1. The van der Waals surface area contributed by atoms with Gasteiger partial charge in [-0.05, 0) is 25.0 Å². The molecule has 1 atom stereocenters. The van der Waals surface area contributed by atoms with Crippen LogP contribution in [0.15, 0.2) is 29.2 Å². The van der Waals surface area contributed by atoms with Gasteiger partial charge in [-0.1, -0.05) is 31.5 Å². The number of hydrogen-bond donors (Lipinski definition) is 3. The van der Waals surface area contributed by atoms with Crippen LogP contribution in [0, 0.1) is 12.8 Å². The van der Waals surface area contributed by atoms with Crippen LogP contribution in [0.1, 0.15) is 26.3 Å². The molecule has 1 rings (SSSR count). The van der Waals surface area contributed by atoms with Crippen LogP contribution >= 0.6 is 0 Å². The first-order chi connectivity index (χ1) is 12.4. The summed E-state index contributed by atoms with van der Waals surface area (Å²) in [4.78, 5) is 35.3. The Kier molecular flexibility index (Phi) is 7.92. The molecule has 3 amide bonds. The van der Waals surface area contributed by atoms with E-state index < -0.39 is 34.4 Å². The lowest BCUT2D eigenvalue weighted by Crippen LogP contribution is -2.55. The molecule has 0 aliphatic heterocycles. The Bertz CT molecular complexity index is 790. The van der Waals surface area contributed by atoms with Crippen molar-refractivity contribution in [2.45, 2.75) is 38.6 Å². The molecule has 0 fully saturated rings. The number of hydrogen-bond acceptors (Lipinski definition) is 5. The van der Waals surface area contributed by atoms with Gasteiger partial charge in [0, 0.05) is 14.0 Å². The van der Waals surface area contributed by atoms with Crippen molar-refractivity contribution in [1.82, 2.24) is 20.5 Å². The number of aryl methyl sites for hydroxylation is 1. The Labute approximate surface area is 159 Å². The Balaban J connectivity index is 2.66. The average molecular weight is 398 g/mol. The summed E-state index contributed by atoms with van der Waals surface area (Å²) >= 11 is 0. The van der Waals surface area contributed by atoms with E-state index in [4.69, 9.17) is 0 Å². The minimum Gasteiger partial charge on any atom is -0.344 e. The highest BCUT2D eigenvalue weighted by atomic mass is 32.2. The van der Waals surface area contributed by atoms with Gasteiger partial charge in [-0.25, -0.2) is 8.42 Å². The van der Waals surface area contributed by atoms with Crippen molar-refractivity contribution < 1.29 is 22.8 Å². The maximum atomic E-state index is 12.4. The molecule has 0 saturated carbocycles. The number of benzene rings is 1. The summed E-state index contributed by atoms with van der Waals surface area (Å²) in [5, 5.41) is 2.49. The SMILES string of the molecule is CC(=O)N[C@@H](C(=O)NNC(=O)CN(C)S(=O)(=O)c1ccc(C)cc1)C(C)C. The number of nitrogens with one attached hydrogen (secondary N) is 3. The van der Waals surface area contributed by atoms with Crippen molar-refractivity contribution in [3.05, 3.63) is 29.8 Å². The van der Waals surface area contributed by atoms with E-state index >= 15 is 0 Å². The highest BCUT2D eigenvalue weighted by Gasteiger charge is 2.25. The summed E-state index contributed by atoms with van der Waals surface area (Å²) in [6, 6.07) is 5.42. The quantitative estimate of drug-likeness (QED) is 0.554. The molecule has 0 heterocycles. The van der Waals surface area contributed by atoms with Gasteiger partial charge in [0.2, 0.25) is 15.9 Å². The largest absolute Gasteiger partial charge is 0.344 e. The molecular formula is C17H26N4O5S. The molecule has 0 radical (unpaired) electrons. The molecule has 0 unspecified atom stereocenters. The van der Waals surface area contributed by atoms with Gasteiger partial charge in [0.15, 0.2) is 0 Å². The number of sulfonamides is 1. The van der Waals surface area contributed by atoms with Gasteiger partial charge in [-0.3, -0.25) is 25.2 Å². The molecule has 1 aromatic carbocycles. The number of nitrogens with zero attached hydrogens (tertiary/aromatic N) is 1. The summed E-state index contributed by atoms with van der Waals surface area (Å²) in [7, 11) is -2.56. The Morgan fingerprint density at radius 2 is 1.63 bits per heavy atom. The van der Waals surface area contributed by atoms with E-state index in [1.54, 1.807) is 26.0 Å². The van der Waals surface area contributed by atoms with Gasteiger partial charge in [-0.15, -0.1) is 0 Å². The maximum absolute atomic E-state index is 12.4. The molecule has 0 spiro atoms. The topological polar surface area (TPSA) is 125 Å². The van der Waals surface area contributed by atoms with Gasteiger partial charge in [0.25, 0.3) is 11.8 Å². The monoisotopic (exact) mass is 398 g/mol. The highest BCUT2D eigenvalue weighted by molar-refractivity contribution is 7.89. The molecule has 150 valence electrons. The van der Waals surface area contributed by atoms with E-state index in [1.165, 1.54) is 26.1 Å². The lowest BCUT2D eigenvalue weighted by Gasteiger charge is -2.21. The van der Waals surface area contributed by atoms with Crippen LogP contribution in [0.2, 0.25) is 0 Å². The second kappa shape index (κ2) is 9.47. The molecule has 1 aromatic rings. The van der Waals surface area contributed by atoms with Crippen molar-refractivity contribution in [3.8, 4) is 0 Å². The fourth-order valence-corrected chi connectivity index (χ4v) is 3.31. The predicted molar refractivity (Wildman–Crippen MR) is 99.7 cm³/mol. The van der Waals surface area contributed by atoms with E-state index in [0.717, 1.165) is 9.87 Å². The summed E-state index contributed by atoms with van der Waals surface area (Å²) in [6.07, 6.45) is 0. The number of carbonyl (C=O) groups excluding carboxylic acids is 3. The third kappa shape index (κ3) is 6.65. The zero-order valence-corrected chi connectivity index (χ0v) is 16.9. The van der Waals surface area contributed by atoms with Crippen molar-refractivity contribution >= 4 is 27.7 Å². The third-order valence-electron chi connectivity index (χ3n) is 3.73. The normalized spacial score (nSPS) is 12.6. The zero-order chi connectivity index (χ0) is 20.8. The number of rotatable bonds is 7. The molecule has 27 heavy (non-hydrogen) atoms. The Morgan fingerprint density at radius 1 is 1.07 bits per heavy atom. The van der Waals surface area contributed by atoms with E-state index in [1.807, 2.05) is 6.92 Å². The van der Waals surface area contributed by atoms with E-state index in [0.29, 0.717) is 0 Å². The first-order valence-electron chi connectivity index (χ1n) is 8.34. The van der Waals surface area contributed by atoms with Gasteiger partial charge in [0.05, 0.1) is 11.4 Å². The van der Waals surface area contributed by atoms with Gasteiger partial charge in [0.1, 0.15) is 6.04 Å². The highest BCUT2D eigenvalue weighted by Crippen LogP contribution is 2.14. The van der Waals surface area contributed by atoms with Crippen LogP contribution in [-0.4, -0.2) is 50.1 Å². The van der Waals surface area contributed by atoms with E-state index in [9.17, 15) is 22.8 Å². The van der Waals surface area contributed by atoms with Crippen LogP contribution in [-0.2, 0) is 24.4 Å². The van der Waals surface area contributed by atoms with Crippen LogP contribution in [0.4, 0.5) is 0 Å². The van der Waals surface area contributed by atoms with Gasteiger partial charge in [-0.2, -0.15) is 4.31 Å². The first kappa shape index (κ1) is 22.6. The summed E-state index contributed by atoms with van der Waals surface area (Å²) < 4.78 is 25.8. The van der Waals surface area contributed by atoms with Crippen LogP contribution in [0.3, 0.4) is 0 Å². The smallest absolute Gasteiger partial charge is 0.261 e. The molecule has 3 N–H and O–H groups in total. The number of amides is 3. The minimum atomic E-state index is -3.83. The van der Waals surface area contributed by atoms with Crippen LogP contribution in [0.5, 0.6) is 0 Å². The fraction of sp³-hybridized carbons (Fsp3) is 0.471. The lowest BCUT2D eigenvalue weighted by molar-refractivity contribution is -0.132. The molecule has 0 bridgehead atoms. The molecule has 0 aromatic heterocycles. The minimum absolute atomic E-state index is 0.0676. The molecule has 0 aliphatic rings. The molecular weight excluding hydrogens is 372 g/mol. The zero-order valence-electron chi connectivity index (χ0n) is 16.1. The van der Waals surface area contributed by atoms with Crippen LogP contribution < -0.4 is 16.2 Å². The maximum Gasteiger partial charge on any atom is 0.261 e. The summed E-state index contributed by atoms with van der Waals surface area (Å²) in [5.41, 5.74) is 5.27. The molecule has 9 nitrogen and oxygen atoms in total. The van der Waals surface area contributed by atoms with Gasteiger partial charge < -0.3 is 5.32 Å². The summed E-state index contributed by atoms with van der Waals surface area (Å²) in [6.45, 7) is 6.12. The average Bonchev–Trinajstić information content (AvgIpc) is 2.57. The van der Waals surface area contributed by atoms with Crippen molar-refractivity contribution in [1.29, 1.82) is 0 Å². The molecule has 10 heteroatoms. The summed E-state index contributed by atoms with van der Waals surface area (Å²) in [5.74, 6) is -1.89. The number of hydrazine groups is 1. The van der Waals surface area contributed by atoms with Gasteiger partial charge >= 0.3 is 0 Å². The Morgan fingerprint density at radius 3 is 2.11 bits per heavy atom. The first-order valence-corrected chi connectivity index (χ1v) is 9.78. The number of likely N-dealkylation sites (N-methyl/N-ethyl adjacent to an activating group) is 1.